The molecule has 3 aromatic rings. The number of rotatable bonds is 5. The van der Waals surface area contributed by atoms with Gasteiger partial charge in [-0.15, -0.1) is 0 Å². The Morgan fingerprint density at radius 1 is 0.808 bits per heavy atom. The Bertz CT molecular complexity index is 890. The van der Waals surface area contributed by atoms with Gasteiger partial charge in [0.1, 0.15) is 23.0 Å². The predicted octanol–water partition coefficient (Wildman–Crippen LogP) is 7.44. The molecule has 0 fully saturated rings. The van der Waals surface area contributed by atoms with Gasteiger partial charge < -0.3 is 9.47 Å². The molecule has 0 aliphatic heterocycles. The number of allylic oxidation sites excluding steroid dienone is 2. The van der Waals surface area contributed by atoms with E-state index in [-0.39, 0.29) is 0 Å². The average Bonchev–Trinajstić information content (AvgIpc) is 2.69. The number of benzene rings is 3. The number of ether oxygens (including phenoxy) is 2. The molecule has 0 atom stereocenters. The first-order valence-corrected chi connectivity index (χ1v) is 8.93. The second-order valence-corrected chi connectivity index (χ2v) is 5.58. The van der Waals surface area contributed by atoms with E-state index in [1.54, 1.807) is 6.08 Å². The van der Waals surface area contributed by atoms with Crippen LogP contribution in [0.5, 0.6) is 17.2 Å². The lowest BCUT2D eigenvalue weighted by Gasteiger charge is -2.09. The van der Waals surface area contributed by atoms with Gasteiger partial charge in [0, 0.05) is 0 Å². The van der Waals surface area contributed by atoms with E-state index >= 15 is 0 Å². The molecule has 0 bridgehead atoms. The van der Waals surface area contributed by atoms with Gasteiger partial charge in [-0.2, -0.15) is 0 Å². The summed E-state index contributed by atoms with van der Waals surface area (Å²) in [4.78, 5) is 0. The van der Waals surface area contributed by atoms with Crippen molar-refractivity contribution in [3.05, 3.63) is 90.7 Å². The fraction of sp³-hybridized carbons (Fsp3) is 0.167. The zero-order valence-corrected chi connectivity index (χ0v) is 16.0. The van der Waals surface area contributed by atoms with Crippen LogP contribution in [0.1, 0.15) is 26.3 Å². The highest BCUT2D eigenvalue weighted by Gasteiger charge is 2.03. The highest BCUT2D eigenvalue weighted by atomic mass is 16.5. The largest absolute Gasteiger partial charge is 0.458 e. The zero-order chi connectivity index (χ0) is 18.9. The van der Waals surface area contributed by atoms with Crippen LogP contribution in [0.3, 0.4) is 0 Å². The van der Waals surface area contributed by atoms with Crippen LogP contribution in [0.4, 0.5) is 0 Å². The van der Waals surface area contributed by atoms with Gasteiger partial charge in [0.05, 0.1) is 0 Å². The highest BCUT2D eigenvalue weighted by molar-refractivity contribution is 5.85. The fourth-order valence-corrected chi connectivity index (χ4v) is 2.43. The van der Waals surface area contributed by atoms with Crippen molar-refractivity contribution in [2.24, 2.45) is 0 Å². The molecular formula is C24H26O2. The topological polar surface area (TPSA) is 18.5 Å². The van der Waals surface area contributed by atoms with Crippen LogP contribution < -0.4 is 9.47 Å². The van der Waals surface area contributed by atoms with Crippen LogP contribution in [0, 0.1) is 6.92 Å². The van der Waals surface area contributed by atoms with Gasteiger partial charge in [-0.1, -0.05) is 50.3 Å². The van der Waals surface area contributed by atoms with Crippen molar-refractivity contribution < 1.29 is 9.47 Å². The number of hydrogen-bond acceptors (Lipinski definition) is 2. The summed E-state index contributed by atoms with van der Waals surface area (Å²) in [7, 11) is 0. The van der Waals surface area contributed by atoms with E-state index in [4.69, 9.17) is 9.47 Å². The van der Waals surface area contributed by atoms with Crippen LogP contribution in [-0.2, 0) is 0 Å². The lowest BCUT2D eigenvalue weighted by Crippen LogP contribution is -1.91. The molecule has 0 radical (unpaired) electrons. The Labute approximate surface area is 156 Å². The SMILES string of the molecule is C=C/C(=C\C)Oc1ccc2ccc(Oc3ccc(C)cc3)cc2c1.CC. The average molecular weight is 346 g/mol. The molecule has 26 heavy (non-hydrogen) atoms. The monoisotopic (exact) mass is 346 g/mol. The first kappa shape index (κ1) is 19.3. The van der Waals surface area contributed by atoms with Crippen LogP contribution >= 0.6 is 0 Å². The van der Waals surface area contributed by atoms with Gasteiger partial charge in [-0.25, -0.2) is 0 Å². The standard InChI is InChI=1S/C22H20O2.C2H6/c1-4-19(5-2)23-21-12-8-17-9-13-22(15-18(17)14-21)24-20-10-6-16(3)7-11-20;1-2/h4-15H,1H2,2-3H3;1-2H3/b19-5+;. The quantitative estimate of drug-likeness (QED) is 0.353. The second kappa shape index (κ2) is 9.47. The Morgan fingerprint density at radius 2 is 1.38 bits per heavy atom. The van der Waals surface area contributed by atoms with Gasteiger partial charge in [0.15, 0.2) is 0 Å². The van der Waals surface area contributed by atoms with E-state index in [0.29, 0.717) is 0 Å². The molecule has 134 valence electrons. The van der Waals surface area contributed by atoms with Crippen LogP contribution in [0.25, 0.3) is 10.8 Å². The lowest BCUT2D eigenvalue weighted by molar-refractivity contribution is 0.444. The molecule has 3 aromatic carbocycles. The summed E-state index contributed by atoms with van der Waals surface area (Å²) in [5.74, 6) is 3.15. The number of aryl methyl sites for hydroxylation is 1. The van der Waals surface area contributed by atoms with Crippen LogP contribution in [-0.4, -0.2) is 0 Å². The Kier molecular flexibility index (Phi) is 7.04. The molecule has 2 nitrogen and oxygen atoms in total. The van der Waals surface area contributed by atoms with Gasteiger partial charge in [-0.05, 0) is 73.2 Å². The van der Waals surface area contributed by atoms with E-state index in [1.165, 1.54) is 5.56 Å². The molecule has 0 saturated carbocycles. The summed E-state index contributed by atoms with van der Waals surface area (Å²) in [6.45, 7) is 11.7. The van der Waals surface area contributed by atoms with Crippen molar-refractivity contribution in [3.63, 3.8) is 0 Å². The molecular weight excluding hydrogens is 320 g/mol. The molecule has 2 heteroatoms. The molecule has 0 N–H and O–H groups in total. The van der Waals surface area contributed by atoms with E-state index in [0.717, 1.165) is 33.8 Å². The zero-order valence-electron chi connectivity index (χ0n) is 16.0. The van der Waals surface area contributed by atoms with Crippen molar-refractivity contribution >= 4 is 10.8 Å². The van der Waals surface area contributed by atoms with Crippen molar-refractivity contribution in [1.82, 2.24) is 0 Å². The second-order valence-electron chi connectivity index (χ2n) is 5.58. The van der Waals surface area contributed by atoms with Crippen molar-refractivity contribution in [3.8, 4) is 17.2 Å². The minimum absolute atomic E-state index is 0.737. The summed E-state index contributed by atoms with van der Waals surface area (Å²) in [5, 5.41) is 2.20. The van der Waals surface area contributed by atoms with Crippen molar-refractivity contribution in [2.45, 2.75) is 27.7 Å². The molecule has 0 amide bonds. The summed E-state index contributed by atoms with van der Waals surface area (Å²) in [6.07, 6.45) is 3.58. The molecule has 0 unspecified atom stereocenters. The third-order valence-corrected chi connectivity index (χ3v) is 3.76. The Balaban J connectivity index is 0.00000117. The lowest BCUT2D eigenvalue weighted by atomic mass is 10.1. The molecule has 0 aromatic heterocycles. The maximum Gasteiger partial charge on any atom is 0.128 e. The summed E-state index contributed by atoms with van der Waals surface area (Å²) in [6, 6.07) is 20.1. The predicted molar refractivity (Wildman–Crippen MR) is 111 cm³/mol. The highest BCUT2D eigenvalue weighted by Crippen LogP contribution is 2.28. The third-order valence-electron chi connectivity index (χ3n) is 3.76. The number of hydrogen-bond donors (Lipinski definition) is 0. The van der Waals surface area contributed by atoms with Gasteiger partial charge in [-0.3, -0.25) is 0 Å². The van der Waals surface area contributed by atoms with Crippen LogP contribution in [0.2, 0.25) is 0 Å². The third kappa shape index (κ3) is 5.00. The molecule has 0 saturated heterocycles. The fourth-order valence-electron chi connectivity index (χ4n) is 2.43. The first-order valence-electron chi connectivity index (χ1n) is 8.93. The minimum atomic E-state index is 0.737. The minimum Gasteiger partial charge on any atom is -0.458 e. The summed E-state index contributed by atoms with van der Waals surface area (Å²) < 4.78 is 11.7. The van der Waals surface area contributed by atoms with E-state index in [1.807, 2.05) is 87.5 Å². The van der Waals surface area contributed by atoms with E-state index in [9.17, 15) is 0 Å². The van der Waals surface area contributed by atoms with E-state index < -0.39 is 0 Å². The van der Waals surface area contributed by atoms with Crippen molar-refractivity contribution in [2.75, 3.05) is 0 Å². The number of fused-ring (bicyclic) bond motifs is 1. The smallest absolute Gasteiger partial charge is 0.128 e. The maximum atomic E-state index is 5.94. The van der Waals surface area contributed by atoms with E-state index in [2.05, 4.69) is 13.5 Å². The van der Waals surface area contributed by atoms with Crippen molar-refractivity contribution in [1.29, 1.82) is 0 Å². The normalized spacial score (nSPS) is 10.7. The van der Waals surface area contributed by atoms with Gasteiger partial charge in [0.25, 0.3) is 0 Å². The Morgan fingerprint density at radius 3 is 2.00 bits per heavy atom. The molecule has 0 heterocycles. The summed E-state index contributed by atoms with van der Waals surface area (Å²) >= 11 is 0. The molecule has 3 rings (SSSR count). The van der Waals surface area contributed by atoms with Gasteiger partial charge in [0.2, 0.25) is 0 Å². The van der Waals surface area contributed by atoms with Gasteiger partial charge >= 0.3 is 0 Å². The molecule has 0 aliphatic rings. The molecule has 0 aliphatic carbocycles. The first-order chi connectivity index (χ1) is 12.7. The summed E-state index contributed by atoms with van der Waals surface area (Å²) in [5.41, 5.74) is 1.21. The molecule has 0 spiro atoms. The maximum absolute atomic E-state index is 5.94. The van der Waals surface area contributed by atoms with Crippen LogP contribution in [0.15, 0.2) is 85.2 Å². The Hall–Kier alpha value is -3.00.